The molecule has 2 N–H and O–H groups in total. The molecule has 0 bridgehead atoms. The lowest BCUT2D eigenvalue weighted by Gasteiger charge is -2.44. The van der Waals surface area contributed by atoms with Gasteiger partial charge in [0.1, 0.15) is 17.5 Å². The van der Waals surface area contributed by atoms with Crippen LogP contribution in [0.4, 0.5) is 0 Å². The van der Waals surface area contributed by atoms with Gasteiger partial charge in [-0.25, -0.2) is 0 Å². The number of piperidine rings is 1. The number of carbonyl (C=O) groups excluding carboxylic acids is 4. The third kappa shape index (κ3) is 3.95. The van der Waals surface area contributed by atoms with Gasteiger partial charge >= 0.3 is 11.8 Å². The molecule has 2 fully saturated rings. The van der Waals surface area contributed by atoms with Crippen molar-refractivity contribution in [1.29, 1.82) is 0 Å². The predicted octanol–water partition coefficient (Wildman–Crippen LogP) is 1.78. The molecule has 3 rings (SSSR count). The van der Waals surface area contributed by atoms with Crippen LogP contribution in [-0.4, -0.2) is 41.4 Å². The maximum Gasteiger partial charge on any atom is 0.311 e. The van der Waals surface area contributed by atoms with Crippen molar-refractivity contribution in [3.05, 3.63) is 34.4 Å². The van der Waals surface area contributed by atoms with Crippen molar-refractivity contribution in [1.82, 2.24) is 4.90 Å². The highest BCUT2D eigenvalue weighted by molar-refractivity contribution is 6.34. The molecule has 0 aromatic heterocycles. The van der Waals surface area contributed by atoms with Crippen LogP contribution in [0.2, 0.25) is 0 Å². The molecule has 1 spiro atoms. The number of likely N-dealkylation sites (tertiary alicyclic amines) is 1. The molecule has 1 saturated carbocycles. The van der Waals surface area contributed by atoms with Gasteiger partial charge < -0.3 is 10.6 Å². The van der Waals surface area contributed by atoms with E-state index in [1.807, 2.05) is 26.0 Å². The molecule has 0 radical (unpaired) electrons. The number of amides is 2. The summed E-state index contributed by atoms with van der Waals surface area (Å²) < 4.78 is 0. The minimum Gasteiger partial charge on any atom is -0.361 e. The Bertz CT molecular complexity index is 916. The minimum atomic E-state index is -0.973. The van der Waals surface area contributed by atoms with Crippen molar-refractivity contribution < 1.29 is 19.2 Å². The van der Waals surface area contributed by atoms with E-state index in [0.717, 1.165) is 22.3 Å². The van der Waals surface area contributed by atoms with Crippen LogP contribution in [-0.2, 0) is 19.2 Å². The molecule has 1 aliphatic heterocycles. The summed E-state index contributed by atoms with van der Waals surface area (Å²) in [5, 5.41) is 0. The Hall–Kier alpha value is -2.94. The zero-order valence-corrected chi connectivity index (χ0v) is 17.1. The standard InChI is InChI=1S/C23H26N2O4/c1-4-5-16-10-14(2)19(15(3)11-16)20-17(26)12-23(13-18(20)27)6-8-25(9-7-23)22(29)21(24)28/h10-11,20H,6-9,12-13H2,1-3H3,(H2,24,28). The fourth-order valence-electron chi connectivity index (χ4n) is 4.85. The first-order valence-corrected chi connectivity index (χ1v) is 9.85. The summed E-state index contributed by atoms with van der Waals surface area (Å²) in [5.41, 5.74) is 8.15. The van der Waals surface area contributed by atoms with Gasteiger partial charge in [-0.3, -0.25) is 19.2 Å². The topological polar surface area (TPSA) is 97.5 Å². The largest absolute Gasteiger partial charge is 0.361 e. The Morgan fingerprint density at radius 1 is 1.07 bits per heavy atom. The SMILES string of the molecule is CC#Cc1cc(C)c(C2C(=O)CC3(CCN(C(=O)C(N)=O)CC3)CC2=O)c(C)c1. The summed E-state index contributed by atoms with van der Waals surface area (Å²) in [6, 6.07) is 3.86. The molecule has 0 unspecified atom stereocenters. The summed E-state index contributed by atoms with van der Waals surface area (Å²) in [6.45, 7) is 6.30. The third-order valence-electron chi connectivity index (χ3n) is 6.22. The molecule has 6 heteroatoms. The molecule has 2 aliphatic rings. The maximum atomic E-state index is 13.1. The Labute approximate surface area is 170 Å². The molecular formula is C23H26N2O4. The second kappa shape index (κ2) is 7.82. The van der Waals surface area contributed by atoms with E-state index >= 15 is 0 Å². The minimum absolute atomic E-state index is 0.0588. The van der Waals surface area contributed by atoms with Crippen LogP contribution >= 0.6 is 0 Å². The highest BCUT2D eigenvalue weighted by atomic mass is 16.2. The van der Waals surface area contributed by atoms with E-state index in [2.05, 4.69) is 11.8 Å². The first kappa shape index (κ1) is 20.8. The number of carbonyl (C=O) groups is 4. The average Bonchev–Trinajstić information content (AvgIpc) is 2.63. The third-order valence-corrected chi connectivity index (χ3v) is 6.22. The first-order chi connectivity index (χ1) is 13.7. The van der Waals surface area contributed by atoms with E-state index in [9.17, 15) is 19.2 Å². The van der Waals surface area contributed by atoms with Crippen LogP contribution in [0.1, 0.15) is 60.8 Å². The summed E-state index contributed by atoms with van der Waals surface area (Å²) in [5.74, 6) is 3.38. The number of primary amides is 1. The van der Waals surface area contributed by atoms with Crippen LogP contribution in [0.15, 0.2) is 12.1 Å². The van der Waals surface area contributed by atoms with E-state index in [4.69, 9.17) is 5.73 Å². The molecule has 0 atom stereocenters. The van der Waals surface area contributed by atoms with Crippen molar-refractivity contribution >= 4 is 23.4 Å². The molecule has 152 valence electrons. The number of rotatable bonds is 1. The van der Waals surface area contributed by atoms with Crippen LogP contribution in [0.5, 0.6) is 0 Å². The quantitative estimate of drug-likeness (QED) is 0.446. The average molecular weight is 394 g/mol. The number of benzene rings is 1. The fourth-order valence-corrected chi connectivity index (χ4v) is 4.85. The van der Waals surface area contributed by atoms with E-state index in [0.29, 0.717) is 38.8 Å². The molecule has 1 aromatic carbocycles. The molecule has 1 aliphatic carbocycles. The van der Waals surface area contributed by atoms with Gasteiger partial charge in [0.15, 0.2) is 0 Å². The van der Waals surface area contributed by atoms with Crippen molar-refractivity contribution in [2.24, 2.45) is 11.1 Å². The molecular weight excluding hydrogens is 368 g/mol. The normalized spacial score (nSPS) is 19.1. The predicted molar refractivity (Wildman–Crippen MR) is 108 cm³/mol. The molecule has 2 amide bonds. The number of nitrogens with zero attached hydrogens (tertiary/aromatic N) is 1. The zero-order chi connectivity index (χ0) is 21.3. The van der Waals surface area contributed by atoms with Gasteiger partial charge in [-0.1, -0.05) is 5.92 Å². The van der Waals surface area contributed by atoms with Crippen LogP contribution in [0.25, 0.3) is 0 Å². The first-order valence-electron chi connectivity index (χ1n) is 9.85. The Balaban J connectivity index is 1.81. The van der Waals surface area contributed by atoms with Gasteiger partial charge in [0.05, 0.1) is 0 Å². The van der Waals surface area contributed by atoms with Crippen LogP contribution in [0.3, 0.4) is 0 Å². The summed E-state index contributed by atoms with van der Waals surface area (Å²) in [7, 11) is 0. The van der Waals surface area contributed by atoms with Gasteiger partial charge in [0, 0.05) is 31.5 Å². The highest BCUT2D eigenvalue weighted by Crippen LogP contribution is 2.46. The smallest absolute Gasteiger partial charge is 0.311 e. The number of ketones is 2. The van der Waals surface area contributed by atoms with E-state index < -0.39 is 23.1 Å². The van der Waals surface area contributed by atoms with Crippen LogP contribution in [0, 0.1) is 31.1 Å². The van der Waals surface area contributed by atoms with Crippen LogP contribution < -0.4 is 5.73 Å². The van der Waals surface area contributed by atoms with Gasteiger partial charge in [-0.05, 0) is 67.9 Å². The molecule has 29 heavy (non-hydrogen) atoms. The number of hydrogen-bond donors (Lipinski definition) is 1. The van der Waals surface area contributed by atoms with Crippen molar-refractivity contribution in [2.45, 2.75) is 52.4 Å². The number of hydrogen-bond acceptors (Lipinski definition) is 4. The lowest BCUT2D eigenvalue weighted by molar-refractivity contribution is -0.147. The summed E-state index contributed by atoms with van der Waals surface area (Å²) >= 11 is 0. The summed E-state index contributed by atoms with van der Waals surface area (Å²) in [4.78, 5) is 50.5. The maximum absolute atomic E-state index is 13.1. The Morgan fingerprint density at radius 3 is 2.03 bits per heavy atom. The molecule has 6 nitrogen and oxygen atoms in total. The molecule has 1 aromatic rings. The van der Waals surface area contributed by atoms with E-state index in [1.165, 1.54) is 4.90 Å². The van der Waals surface area contributed by atoms with Gasteiger partial charge in [-0.15, -0.1) is 5.92 Å². The van der Waals surface area contributed by atoms with Gasteiger partial charge in [-0.2, -0.15) is 0 Å². The monoisotopic (exact) mass is 394 g/mol. The zero-order valence-electron chi connectivity index (χ0n) is 17.1. The van der Waals surface area contributed by atoms with Crippen molar-refractivity contribution in [3.8, 4) is 11.8 Å². The second-order valence-electron chi connectivity index (χ2n) is 8.27. The highest BCUT2D eigenvalue weighted by Gasteiger charge is 2.48. The Morgan fingerprint density at radius 2 is 1.59 bits per heavy atom. The van der Waals surface area contributed by atoms with Crippen molar-refractivity contribution in [2.75, 3.05) is 13.1 Å². The molecule has 1 heterocycles. The fraction of sp³-hybridized carbons (Fsp3) is 0.478. The summed E-state index contributed by atoms with van der Waals surface area (Å²) in [6.07, 6.45) is 1.69. The number of Topliss-reactive ketones (excluding diaryl/α,β-unsaturated/α-hetero) is 2. The number of aryl methyl sites for hydroxylation is 2. The van der Waals surface area contributed by atoms with Crippen molar-refractivity contribution in [3.63, 3.8) is 0 Å². The lowest BCUT2D eigenvalue weighted by Crippen LogP contribution is -2.50. The van der Waals surface area contributed by atoms with E-state index in [-0.39, 0.29) is 11.6 Å². The second-order valence-corrected chi connectivity index (χ2v) is 8.27. The number of nitrogens with two attached hydrogens (primary N) is 1. The van der Waals surface area contributed by atoms with Gasteiger partial charge in [0.25, 0.3) is 0 Å². The molecule has 1 saturated heterocycles. The van der Waals surface area contributed by atoms with Gasteiger partial charge in [0.2, 0.25) is 0 Å². The lowest BCUT2D eigenvalue weighted by atomic mass is 9.62. The Kier molecular flexibility index (Phi) is 5.61. The van der Waals surface area contributed by atoms with E-state index in [1.54, 1.807) is 6.92 Å².